The van der Waals surface area contributed by atoms with Gasteiger partial charge in [0.2, 0.25) is 0 Å². The van der Waals surface area contributed by atoms with Crippen LogP contribution in [0, 0.1) is 0 Å². The SMILES string of the molecule is O=C(NCc1ccncc1)NC[C@H](NC(=O)c1c(Cl)cncc1Cl)C(=O)O. The number of carboxylic acids is 1. The second-order valence-electron chi connectivity index (χ2n) is 5.26. The number of carbonyl (C=O) groups excluding carboxylic acids is 2. The second kappa shape index (κ2) is 9.70. The molecule has 0 aliphatic rings. The first-order chi connectivity index (χ1) is 12.9. The first-order valence-electron chi connectivity index (χ1n) is 7.61. The van der Waals surface area contributed by atoms with E-state index in [0.29, 0.717) is 0 Å². The van der Waals surface area contributed by atoms with Crippen molar-refractivity contribution in [2.24, 2.45) is 0 Å². The van der Waals surface area contributed by atoms with Gasteiger partial charge in [0.15, 0.2) is 0 Å². The van der Waals surface area contributed by atoms with E-state index in [-0.39, 0.29) is 28.7 Å². The van der Waals surface area contributed by atoms with Crippen LogP contribution in [0.25, 0.3) is 0 Å². The monoisotopic (exact) mass is 411 g/mol. The summed E-state index contributed by atoms with van der Waals surface area (Å²) < 4.78 is 0. The molecule has 0 saturated carbocycles. The standard InChI is InChI=1S/C16H15Cl2N5O4/c17-10-6-20-7-11(18)13(10)14(24)23-12(15(25)26)8-22-16(27)21-5-9-1-3-19-4-2-9/h1-4,6-7,12H,5,8H2,(H,23,24)(H,25,26)(H2,21,22,27)/t12-/m0/s1. The minimum absolute atomic E-state index is 0.0211. The maximum atomic E-state index is 12.3. The van der Waals surface area contributed by atoms with Gasteiger partial charge in [-0.05, 0) is 17.7 Å². The van der Waals surface area contributed by atoms with Crippen LogP contribution < -0.4 is 16.0 Å². The Bertz CT molecular complexity index is 815. The number of carbonyl (C=O) groups is 3. The zero-order valence-electron chi connectivity index (χ0n) is 13.8. The minimum atomic E-state index is -1.38. The maximum absolute atomic E-state index is 12.3. The van der Waals surface area contributed by atoms with Crippen LogP contribution in [0.5, 0.6) is 0 Å². The van der Waals surface area contributed by atoms with Crippen molar-refractivity contribution in [3.05, 3.63) is 58.1 Å². The molecule has 142 valence electrons. The molecule has 2 heterocycles. The zero-order valence-corrected chi connectivity index (χ0v) is 15.3. The van der Waals surface area contributed by atoms with Gasteiger partial charge < -0.3 is 21.1 Å². The smallest absolute Gasteiger partial charge is 0.328 e. The van der Waals surface area contributed by atoms with E-state index < -0.39 is 23.9 Å². The van der Waals surface area contributed by atoms with Gasteiger partial charge in [0.05, 0.1) is 22.2 Å². The average molecular weight is 412 g/mol. The van der Waals surface area contributed by atoms with Gasteiger partial charge in [-0.2, -0.15) is 0 Å². The number of amides is 3. The molecule has 0 aliphatic heterocycles. The third-order valence-electron chi connectivity index (χ3n) is 3.35. The Kier molecular flexibility index (Phi) is 7.33. The Labute approximate surface area is 164 Å². The number of urea groups is 1. The largest absolute Gasteiger partial charge is 0.480 e. The molecule has 0 aromatic carbocycles. The number of aromatic nitrogens is 2. The third-order valence-corrected chi connectivity index (χ3v) is 3.93. The Morgan fingerprint density at radius 3 is 2.26 bits per heavy atom. The molecule has 2 rings (SSSR count). The first-order valence-corrected chi connectivity index (χ1v) is 8.37. The molecular formula is C16H15Cl2N5O4. The summed E-state index contributed by atoms with van der Waals surface area (Å²) >= 11 is 11.8. The highest BCUT2D eigenvalue weighted by Crippen LogP contribution is 2.22. The van der Waals surface area contributed by atoms with E-state index in [0.717, 1.165) is 5.56 Å². The number of rotatable bonds is 7. The normalized spacial score (nSPS) is 11.3. The summed E-state index contributed by atoms with van der Waals surface area (Å²) in [7, 11) is 0. The molecule has 0 radical (unpaired) electrons. The molecule has 0 bridgehead atoms. The average Bonchev–Trinajstić information content (AvgIpc) is 2.63. The molecule has 3 amide bonds. The molecule has 0 fully saturated rings. The van der Waals surface area contributed by atoms with Gasteiger partial charge in [-0.3, -0.25) is 14.8 Å². The fraction of sp³-hybridized carbons (Fsp3) is 0.188. The fourth-order valence-electron chi connectivity index (χ4n) is 2.00. The molecule has 11 heteroatoms. The van der Waals surface area contributed by atoms with E-state index >= 15 is 0 Å². The number of pyridine rings is 2. The van der Waals surface area contributed by atoms with Crippen LogP contribution in [0.15, 0.2) is 36.9 Å². The lowest BCUT2D eigenvalue weighted by atomic mass is 10.2. The van der Waals surface area contributed by atoms with Crippen LogP contribution in [0.4, 0.5) is 4.79 Å². The highest BCUT2D eigenvalue weighted by Gasteiger charge is 2.24. The lowest BCUT2D eigenvalue weighted by Gasteiger charge is -2.16. The Hall–Kier alpha value is -2.91. The molecule has 0 spiro atoms. The van der Waals surface area contributed by atoms with Crippen molar-refractivity contribution in [3.63, 3.8) is 0 Å². The third kappa shape index (κ3) is 6.08. The van der Waals surface area contributed by atoms with Crippen molar-refractivity contribution >= 4 is 41.1 Å². The Morgan fingerprint density at radius 1 is 1.04 bits per heavy atom. The number of hydrogen-bond acceptors (Lipinski definition) is 5. The van der Waals surface area contributed by atoms with Gasteiger partial charge >= 0.3 is 12.0 Å². The zero-order chi connectivity index (χ0) is 19.8. The number of nitrogens with zero attached hydrogens (tertiary/aromatic N) is 2. The van der Waals surface area contributed by atoms with Gasteiger partial charge in [-0.15, -0.1) is 0 Å². The van der Waals surface area contributed by atoms with Crippen molar-refractivity contribution < 1.29 is 19.5 Å². The molecule has 2 aromatic heterocycles. The number of aliphatic carboxylic acids is 1. The van der Waals surface area contributed by atoms with Gasteiger partial charge in [-0.25, -0.2) is 9.59 Å². The van der Waals surface area contributed by atoms with E-state index in [4.69, 9.17) is 23.2 Å². The maximum Gasteiger partial charge on any atom is 0.328 e. The van der Waals surface area contributed by atoms with E-state index in [9.17, 15) is 19.5 Å². The van der Waals surface area contributed by atoms with E-state index in [1.54, 1.807) is 24.5 Å². The molecule has 0 saturated heterocycles. The first kappa shape index (κ1) is 20.4. The van der Waals surface area contributed by atoms with Crippen LogP contribution in [-0.4, -0.2) is 45.6 Å². The second-order valence-corrected chi connectivity index (χ2v) is 6.08. The van der Waals surface area contributed by atoms with Crippen molar-refractivity contribution in [1.29, 1.82) is 0 Å². The van der Waals surface area contributed by atoms with E-state index in [2.05, 4.69) is 25.9 Å². The van der Waals surface area contributed by atoms with Gasteiger partial charge in [-0.1, -0.05) is 23.2 Å². The minimum Gasteiger partial charge on any atom is -0.480 e. The highest BCUT2D eigenvalue weighted by atomic mass is 35.5. The van der Waals surface area contributed by atoms with Crippen LogP contribution >= 0.6 is 23.2 Å². The summed E-state index contributed by atoms with van der Waals surface area (Å²) in [6.45, 7) is -0.107. The molecule has 0 unspecified atom stereocenters. The van der Waals surface area contributed by atoms with Crippen LogP contribution in [-0.2, 0) is 11.3 Å². The number of halogens is 2. The molecule has 9 nitrogen and oxygen atoms in total. The van der Waals surface area contributed by atoms with Crippen molar-refractivity contribution in [2.45, 2.75) is 12.6 Å². The summed E-state index contributed by atoms with van der Waals surface area (Å²) in [5.41, 5.74) is 0.729. The summed E-state index contributed by atoms with van der Waals surface area (Å²) in [6.07, 6.45) is 5.59. The summed E-state index contributed by atoms with van der Waals surface area (Å²) in [4.78, 5) is 43.0. The van der Waals surface area contributed by atoms with Crippen molar-refractivity contribution in [2.75, 3.05) is 6.54 Å². The summed E-state index contributed by atoms with van der Waals surface area (Å²) in [5, 5.41) is 16.4. The lowest BCUT2D eigenvalue weighted by Crippen LogP contribution is -2.50. The topological polar surface area (TPSA) is 133 Å². The summed E-state index contributed by atoms with van der Waals surface area (Å²) in [5.74, 6) is -2.13. The van der Waals surface area contributed by atoms with Crippen LogP contribution in [0.1, 0.15) is 15.9 Å². The van der Waals surface area contributed by atoms with Crippen molar-refractivity contribution in [3.8, 4) is 0 Å². The molecular weight excluding hydrogens is 397 g/mol. The molecule has 2 aromatic rings. The van der Waals surface area contributed by atoms with E-state index in [1.807, 2.05) is 0 Å². The quantitative estimate of drug-likeness (QED) is 0.544. The Balaban J connectivity index is 1.90. The Morgan fingerprint density at radius 2 is 1.67 bits per heavy atom. The van der Waals surface area contributed by atoms with Crippen LogP contribution in [0.3, 0.4) is 0 Å². The van der Waals surface area contributed by atoms with Gasteiger partial charge in [0, 0.05) is 31.3 Å². The highest BCUT2D eigenvalue weighted by molar-refractivity contribution is 6.39. The van der Waals surface area contributed by atoms with Gasteiger partial charge in [0.25, 0.3) is 5.91 Å². The molecule has 27 heavy (non-hydrogen) atoms. The number of hydrogen-bond donors (Lipinski definition) is 4. The van der Waals surface area contributed by atoms with Crippen LogP contribution in [0.2, 0.25) is 10.0 Å². The summed E-state index contributed by atoms with van der Waals surface area (Å²) in [6, 6.07) is 1.47. The molecule has 0 aliphatic carbocycles. The van der Waals surface area contributed by atoms with Crippen molar-refractivity contribution in [1.82, 2.24) is 25.9 Å². The molecule has 1 atom stereocenters. The predicted molar refractivity (Wildman–Crippen MR) is 97.6 cm³/mol. The molecule has 4 N–H and O–H groups in total. The number of nitrogens with one attached hydrogen (secondary N) is 3. The lowest BCUT2D eigenvalue weighted by molar-refractivity contribution is -0.139. The van der Waals surface area contributed by atoms with E-state index in [1.165, 1.54) is 12.4 Å². The number of carboxylic acid groups (broad SMARTS) is 1. The fourth-order valence-corrected chi connectivity index (χ4v) is 2.54. The van der Waals surface area contributed by atoms with Gasteiger partial charge in [0.1, 0.15) is 6.04 Å². The predicted octanol–water partition coefficient (Wildman–Crippen LogP) is 1.47.